The number of likely N-dealkylation sites (tertiary alicyclic amines) is 1. The van der Waals surface area contributed by atoms with E-state index >= 15 is 0 Å². The predicted octanol–water partition coefficient (Wildman–Crippen LogP) is 3.54. The number of halogens is 2. The van der Waals surface area contributed by atoms with Crippen LogP contribution in [0.5, 0.6) is 0 Å². The number of aliphatic imine (C=N–C) groups is 1. The molecule has 2 aromatic carbocycles. The lowest BCUT2D eigenvalue weighted by Crippen LogP contribution is -2.39. The number of nitrogens with one attached hydrogen (secondary N) is 1. The summed E-state index contributed by atoms with van der Waals surface area (Å²) in [5.74, 6) is -1.21. The molecule has 6 nitrogen and oxygen atoms in total. The first-order valence-corrected chi connectivity index (χ1v) is 11.6. The number of rotatable bonds is 5. The summed E-state index contributed by atoms with van der Waals surface area (Å²) in [5.41, 5.74) is 3.21. The molecule has 0 aliphatic carbocycles. The third kappa shape index (κ3) is 4.87. The lowest BCUT2D eigenvalue weighted by Gasteiger charge is -2.23. The van der Waals surface area contributed by atoms with Crippen molar-refractivity contribution in [3.8, 4) is 0 Å². The summed E-state index contributed by atoms with van der Waals surface area (Å²) in [6.45, 7) is 3.93. The van der Waals surface area contributed by atoms with Gasteiger partial charge in [-0.25, -0.2) is 8.78 Å². The number of aliphatic hydroxyl groups is 1. The van der Waals surface area contributed by atoms with Crippen LogP contribution < -0.4 is 5.32 Å². The van der Waals surface area contributed by atoms with Crippen LogP contribution >= 0.6 is 0 Å². The molecule has 34 heavy (non-hydrogen) atoms. The third-order valence-corrected chi connectivity index (χ3v) is 6.67. The maximum atomic E-state index is 14.9. The number of carbonyl (C=O) groups excluding carboxylic acids is 2. The van der Waals surface area contributed by atoms with E-state index in [1.807, 2.05) is 24.3 Å². The first-order chi connectivity index (χ1) is 16.3. The summed E-state index contributed by atoms with van der Waals surface area (Å²) in [5, 5.41) is 12.2. The fourth-order valence-electron chi connectivity index (χ4n) is 4.74. The van der Waals surface area contributed by atoms with Gasteiger partial charge in [-0.3, -0.25) is 14.6 Å². The van der Waals surface area contributed by atoms with Crippen LogP contribution in [0, 0.1) is 12.7 Å². The zero-order valence-electron chi connectivity index (χ0n) is 19.4. The monoisotopic (exact) mass is 469 g/mol. The molecule has 3 atom stereocenters. The molecule has 8 heteroatoms. The molecule has 2 N–H and O–H groups in total. The number of aliphatic hydroxyl groups excluding tert-OH is 1. The summed E-state index contributed by atoms with van der Waals surface area (Å²) in [7, 11) is 0. The molecule has 1 saturated heterocycles. The van der Waals surface area contributed by atoms with Crippen LogP contribution in [0.2, 0.25) is 0 Å². The highest BCUT2D eigenvalue weighted by molar-refractivity contribution is 6.49. The van der Waals surface area contributed by atoms with E-state index in [0.29, 0.717) is 23.5 Å². The fraction of sp³-hybridized carbons (Fsp3) is 0.423. The van der Waals surface area contributed by atoms with Gasteiger partial charge in [0.05, 0.1) is 25.6 Å². The molecule has 180 valence electrons. The van der Waals surface area contributed by atoms with Crippen molar-refractivity contribution in [2.45, 2.75) is 51.2 Å². The first-order valence-electron chi connectivity index (χ1n) is 11.6. The van der Waals surface area contributed by atoms with Gasteiger partial charge in [0, 0.05) is 24.2 Å². The normalized spacial score (nSPS) is 22.1. The average Bonchev–Trinajstić information content (AvgIpc) is 3.11. The number of hydrogen-bond donors (Lipinski definition) is 2. The summed E-state index contributed by atoms with van der Waals surface area (Å²) >= 11 is 0. The number of carbonyl (C=O) groups is 2. The van der Waals surface area contributed by atoms with E-state index < -0.39 is 29.8 Å². The average molecular weight is 470 g/mol. The van der Waals surface area contributed by atoms with Crippen molar-refractivity contribution in [1.29, 1.82) is 0 Å². The number of amides is 2. The molecule has 2 aliphatic rings. The lowest BCUT2D eigenvalue weighted by molar-refractivity contribution is -0.132. The molecule has 2 amide bonds. The van der Waals surface area contributed by atoms with Gasteiger partial charge in [0.1, 0.15) is 17.7 Å². The largest absolute Gasteiger partial charge is 0.394 e. The summed E-state index contributed by atoms with van der Waals surface area (Å²) in [6.07, 6.45) is -0.519. The maximum absolute atomic E-state index is 14.9. The smallest absolute Gasteiger partial charge is 0.274 e. The summed E-state index contributed by atoms with van der Waals surface area (Å²) in [4.78, 5) is 31.5. The molecular formula is C26H29F2N3O3. The Morgan fingerprint density at radius 3 is 2.79 bits per heavy atom. The van der Waals surface area contributed by atoms with Gasteiger partial charge < -0.3 is 15.3 Å². The minimum absolute atomic E-state index is 0.0838. The highest BCUT2D eigenvalue weighted by Crippen LogP contribution is 2.28. The number of aryl methyl sites for hydroxylation is 1. The third-order valence-electron chi connectivity index (χ3n) is 6.67. The van der Waals surface area contributed by atoms with Crippen LogP contribution in [0.4, 0.5) is 14.5 Å². The van der Waals surface area contributed by atoms with Crippen molar-refractivity contribution in [2.75, 3.05) is 25.0 Å². The Labute approximate surface area is 197 Å². The van der Waals surface area contributed by atoms with Crippen molar-refractivity contribution in [2.24, 2.45) is 4.99 Å². The predicted molar refractivity (Wildman–Crippen MR) is 126 cm³/mol. The molecular weight excluding hydrogens is 440 g/mol. The Hall–Kier alpha value is -3.13. The van der Waals surface area contributed by atoms with Gasteiger partial charge in [-0.15, -0.1) is 0 Å². The van der Waals surface area contributed by atoms with E-state index in [0.717, 1.165) is 17.5 Å². The van der Waals surface area contributed by atoms with Crippen LogP contribution in [0.3, 0.4) is 0 Å². The molecule has 0 aromatic heterocycles. The second kappa shape index (κ2) is 10.0. The molecule has 0 radical (unpaired) electrons. The van der Waals surface area contributed by atoms with Gasteiger partial charge in [0.15, 0.2) is 0 Å². The van der Waals surface area contributed by atoms with Crippen LogP contribution in [-0.4, -0.2) is 59.4 Å². The highest BCUT2D eigenvalue weighted by Gasteiger charge is 2.35. The van der Waals surface area contributed by atoms with Crippen molar-refractivity contribution < 1.29 is 23.5 Å². The van der Waals surface area contributed by atoms with Crippen LogP contribution in [0.15, 0.2) is 41.4 Å². The minimum atomic E-state index is -1.19. The van der Waals surface area contributed by atoms with Crippen molar-refractivity contribution >= 4 is 23.2 Å². The lowest BCUT2D eigenvalue weighted by atomic mass is 9.92. The molecule has 0 saturated carbocycles. The molecule has 0 bridgehead atoms. The van der Waals surface area contributed by atoms with E-state index in [2.05, 4.69) is 17.2 Å². The Bertz CT molecular complexity index is 1130. The van der Waals surface area contributed by atoms with Crippen molar-refractivity contribution in [3.05, 3.63) is 64.5 Å². The number of fused-ring (bicyclic) bond motifs is 1. The SMILES string of the molecule is Cc1cc(CC(=O)N2C[C@@H](F)C[C@H]2CO)c(F)cc1NC(=O)C1=NCCC(C)c2ccccc21. The molecule has 0 spiro atoms. The number of nitrogens with zero attached hydrogens (tertiary/aromatic N) is 2. The standard InChI is InChI=1S/C26H29F2N3O3/c1-15-7-8-29-25(21-6-4-3-5-20(15)21)26(34)30-23-12-22(28)17(9-16(23)2)10-24(33)31-13-18(27)11-19(31)14-32/h3-6,9,12,15,18-19,32H,7-8,10-11,13-14H2,1-2H3,(H,30,34)/t15?,18-,19-/m0/s1. The Morgan fingerprint density at radius 1 is 1.26 bits per heavy atom. The van der Waals surface area contributed by atoms with Gasteiger partial charge in [0.25, 0.3) is 5.91 Å². The Morgan fingerprint density at radius 2 is 2.03 bits per heavy atom. The quantitative estimate of drug-likeness (QED) is 0.703. The molecule has 2 heterocycles. The number of alkyl halides is 1. The van der Waals surface area contributed by atoms with Gasteiger partial charge in [-0.2, -0.15) is 0 Å². The van der Waals surface area contributed by atoms with Crippen molar-refractivity contribution in [1.82, 2.24) is 4.90 Å². The molecule has 1 fully saturated rings. The topological polar surface area (TPSA) is 82.0 Å². The summed E-state index contributed by atoms with van der Waals surface area (Å²) < 4.78 is 28.6. The van der Waals surface area contributed by atoms with Crippen LogP contribution in [0.25, 0.3) is 0 Å². The van der Waals surface area contributed by atoms with Crippen LogP contribution in [-0.2, 0) is 16.0 Å². The molecule has 2 aliphatic heterocycles. The van der Waals surface area contributed by atoms with E-state index in [4.69, 9.17) is 0 Å². The van der Waals surface area contributed by atoms with E-state index in [9.17, 15) is 23.5 Å². The van der Waals surface area contributed by atoms with Gasteiger partial charge in [0.2, 0.25) is 5.91 Å². The van der Waals surface area contributed by atoms with Gasteiger partial charge in [-0.1, -0.05) is 37.3 Å². The number of anilines is 1. The fourth-order valence-corrected chi connectivity index (χ4v) is 4.74. The second-order valence-electron chi connectivity index (χ2n) is 9.11. The Balaban J connectivity index is 1.52. The highest BCUT2D eigenvalue weighted by atomic mass is 19.1. The van der Waals surface area contributed by atoms with Crippen LogP contribution in [0.1, 0.15) is 47.9 Å². The molecule has 2 aromatic rings. The molecule has 1 unspecified atom stereocenters. The van der Waals surface area contributed by atoms with E-state index in [1.165, 1.54) is 17.0 Å². The van der Waals surface area contributed by atoms with Gasteiger partial charge >= 0.3 is 0 Å². The number of hydrogen-bond acceptors (Lipinski definition) is 4. The van der Waals surface area contributed by atoms with E-state index in [-0.39, 0.29) is 37.5 Å². The van der Waals surface area contributed by atoms with Gasteiger partial charge in [-0.05, 0) is 42.0 Å². The number of benzene rings is 2. The first kappa shape index (κ1) is 24.0. The maximum Gasteiger partial charge on any atom is 0.274 e. The zero-order chi connectivity index (χ0) is 24.4. The molecule has 4 rings (SSSR count). The Kier molecular flexibility index (Phi) is 7.07. The zero-order valence-corrected chi connectivity index (χ0v) is 19.4. The minimum Gasteiger partial charge on any atom is -0.394 e. The van der Waals surface area contributed by atoms with Crippen molar-refractivity contribution in [3.63, 3.8) is 0 Å². The summed E-state index contributed by atoms with van der Waals surface area (Å²) in [6, 6.07) is 9.81. The second-order valence-corrected chi connectivity index (χ2v) is 9.11. The van der Waals surface area contributed by atoms with E-state index in [1.54, 1.807) is 6.92 Å².